The molecule has 0 amide bonds. The van der Waals surface area contributed by atoms with Gasteiger partial charge in [-0.05, 0) is 0 Å². The molecule has 5 heteroatoms. The molecule has 0 aliphatic carbocycles. The molecule has 0 radical (unpaired) electrons. The maximum atomic E-state index is 11.1. The molecule has 2 fully saturated rings. The smallest absolute Gasteiger partial charge is 0.152 e. The first-order valence-electron chi connectivity index (χ1n) is 3.59. The molecule has 0 unspecified atom stereocenters. The summed E-state index contributed by atoms with van der Waals surface area (Å²) in [5.41, 5.74) is 5.27. The zero-order chi connectivity index (χ0) is 8.11. The van der Waals surface area contributed by atoms with Gasteiger partial charge in [-0.1, -0.05) is 0 Å². The van der Waals surface area contributed by atoms with Crippen LogP contribution in [0.25, 0.3) is 0 Å². The van der Waals surface area contributed by atoms with Crippen LogP contribution in [0.3, 0.4) is 0 Å². The van der Waals surface area contributed by atoms with Gasteiger partial charge in [-0.2, -0.15) is 0 Å². The van der Waals surface area contributed by atoms with E-state index >= 15 is 0 Å². The van der Waals surface area contributed by atoms with Gasteiger partial charge < -0.3 is 10.5 Å². The highest BCUT2D eigenvalue weighted by molar-refractivity contribution is 7.91. The number of sulfone groups is 1. The first-order valence-corrected chi connectivity index (χ1v) is 5.41. The Morgan fingerprint density at radius 3 is 2.91 bits per heavy atom. The van der Waals surface area contributed by atoms with Crippen molar-refractivity contribution in [3.63, 3.8) is 0 Å². The Labute approximate surface area is 65.6 Å². The first-order chi connectivity index (χ1) is 5.02. The van der Waals surface area contributed by atoms with Crippen LogP contribution in [-0.2, 0) is 14.6 Å². The van der Waals surface area contributed by atoms with Crippen LogP contribution < -0.4 is 5.73 Å². The molecule has 0 aromatic rings. The highest BCUT2D eigenvalue weighted by Gasteiger charge is 2.51. The number of hydrogen-bond acceptors (Lipinski definition) is 4. The van der Waals surface area contributed by atoms with Crippen LogP contribution in [0.5, 0.6) is 0 Å². The Hall–Kier alpha value is -0.130. The second-order valence-electron chi connectivity index (χ2n) is 3.50. The number of ether oxygens (including phenoxy) is 1. The lowest BCUT2D eigenvalue weighted by molar-refractivity contribution is 0.178. The molecule has 2 heterocycles. The van der Waals surface area contributed by atoms with Gasteiger partial charge in [0.15, 0.2) is 9.84 Å². The van der Waals surface area contributed by atoms with Gasteiger partial charge in [0.05, 0.1) is 30.3 Å². The third-order valence-electron chi connectivity index (χ3n) is 2.45. The summed E-state index contributed by atoms with van der Waals surface area (Å²) in [6.07, 6.45) is 0. The van der Waals surface area contributed by atoms with E-state index in [4.69, 9.17) is 10.5 Å². The molecule has 0 aromatic carbocycles. The van der Waals surface area contributed by atoms with Gasteiger partial charge in [-0.3, -0.25) is 0 Å². The number of fused-ring (bicyclic) bond motifs is 1. The quantitative estimate of drug-likeness (QED) is 0.502. The van der Waals surface area contributed by atoms with Crippen LogP contribution in [0.15, 0.2) is 0 Å². The van der Waals surface area contributed by atoms with Crippen molar-refractivity contribution in [3.8, 4) is 0 Å². The summed E-state index contributed by atoms with van der Waals surface area (Å²) in [7, 11) is -2.87. The zero-order valence-corrected chi connectivity index (χ0v) is 6.93. The predicted octanol–water partition coefficient (Wildman–Crippen LogP) is -1.24. The normalized spacial score (nSPS) is 47.5. The monoisotopic (exact) mass is 177 g/mol. The van der Waals surface area contributed by atoms with E-state index in [1.165, 1.54) is 0 Å². The van der Waals surface area contributed by atoms with Gasteiger partial charge in [0.1, 0.15) is 0 Å². The van der Waals surface area contributed by atoms with Gasteiger partial charge in [0.25, 0.3) is 0 Å². The summed E-state index contributed by atoms with van der Waals surface area (Å²) in [6.45, 7) is 0.909. The molecule has 2 aliphatic rings. The van der Waals surface area contributed by atoms with Crippen molar-refractivity contribution < 1.29 is 13.2 Å². The van der Waals surface area contributed by atoms with Gasteiger partial charge in [-0.15, -0.1) is 0 Å². The van der Waals surface area contributed by atoms with Crippen molar-refractivity contribution in [2.24, 2.45) is 11.7 Å². The Kier molecular flexibility index (Phi) is 1.34. The molecule has 0 aromatic heterocycles. The van der Waals surface area contributed by atoms with E-state index in [1.54, 1.807) is 0 Å². The Morgan fingerprint density at radius 2 is 2.27 bits per heavy atom. The van der Waals surface area contributed by atoms with E-state index in [1.807, 2.05) is 0 Å². The molecular formula is C6H11NO3S. The summed E-state index contributed by atoms with van der Waals surface area (Å²) in [5, 5.41) is 0. The molecular weight excluding hydrogens is 166 g/mol. The zero-order valence-electron chi connectivity index (χ0n) is 6.12. The number of hydrogen-bond donors (Lipinski definition) is 1. The fourth-order valence-corrected chi connectivity index (χ4v) is 4.12. The van der Waals surface area contributed by atoms with Crippen molar-refractivity contribution in [1.82, 2.24) is 0 Å². The Bertz CT molecular complexity index is 274. The van der Waals surface area contributed by atoms with Crippen molar-refractivity contribution in [3.05, 3.63) is 0 Å². The van der Waals surface area contributed by atoms with E-state index in [0.717, 1.165) is 0 Å². The van der Waals surface area contributed by atoms with Crippen LogP contribution in [0, 0.1) is 5.92 Å². The molecule has 0 bridgehead atoms. The number of rotatable bonds is 0. The largest absolute Gasteiger partial charge is 0.379 e. The minimum absolute atomic E-state index is 0.0347. The molecule has 11 heavy (non-hydrogen) atoms. The molecule has 2 atom stereocenters. The summed E-state index contributed by atoms with van der Waals surface area (Å²) in [5.74, 6) is 0.348. The minimum atomic E-state index is -2.87. The summed E-state index contributed by atoms with van der Waals surface area (Å²) in [6, 6.07) is 0. The van der Waals surface area contributed by atoms with Crippen LogP contribution in [0.4, 0.5) is 0 Å². The first kappa shape index (κ1) is 7.52. The minimum Gasteiger partial charge on any atom is -0.379 e. The van der Waals surface area contributed by atoms with E-state index in [9.17, 15) is 8.42 Å². The van der Waals surface area contributed by atoms with Gasteiger partial charge in [-0.25, -0.2) is 8.42 Å². The highest BCUT2D eigenvalue weighted by atomic mass is 32.2. The van der Waals surface area contributed by atoms with E-state index in [-0.39, 0.29) is 17.4 Å². The molecule has 64 valence electrons. The van der Waals surface area contributed by atoms with E-state index in [2.05, 4.69) is 0 Å². The lowest BCUT2D eigenvalue weighted by atomic mass is 9.92. The van der Waals surface area contributed by atoms with Crippen molar-refractivity contribution in [2.75, 3.05) is 24.7 Å². The SMILES string of the molecule is N[C@@]12COC[C@@H]1CS(=O)(=O)C2. The second kappa shape index (κ2) is 1.97. The summed E-state index contributed by atoms with van der Waals surface area (Å²) >= 11 is 0. The van der Waals surface area contributed by atoms with Crippen molar-refractivity contribution in [1.29, 1.82) is 0 Å². The number of nitrogens with two attached hydrogens (primary N) is 1. The average molecular weight is 177 g/mol. The molecule has 4 nitrogen and oxygen atoms in total. The molecule has 2 aliphatic heterocycles. The van der Waals surface area contributed by atoms with Crippen molar-refractivity contribution in [2.45, 2.75) is 5.54 Å². The highest BCUT2D eigenvalue weighted by Crippen LogP contribution is 2.32. The van der Waals surface area contributed by atoms with E-state index < -0.39 is 15.4 Å². The average Bonchev–Trinajstić information content (AvgIpc) is 2.16. The predicted molar refractivity (Wildman–Crippen MR) is 39.9 cm³/mol. The second-order valence-corrected chi connectivity index (χ2v) is 5.61. The third kappa shape index (κ3) is 1.07. The topological polar surface area (TPSA) is 69.4 Å². The lowest BCUT2D eigenvalue weighted by Gasteiger charge is -2.17. The molecule has 0 spiro atoms. The fourth-order valence-electron chi connectivity index (χ4n) is 1.82. The maximum Gasteiger partial charge on any atom is 0.152 e. The Morgan fingerprint density at radius 1 is 1.55 bits per heavy atom. The fraction of sp³-hybridized carbons (Fsp3) is 1.00. The van der Waals surface area contributed by atoms with Gasteiger partial charge in [0.2, 0.25) is 0 Å². The van der Waals surface area contributed by atoms with Crippen molar-refractivity contribution >= 4 is 9.84 Å². The van der Waals surface area contributed by atoms with Gasteiger partial charge >= 0.3 is 0 Å². The summed E-state index contributed by atoms with van der Waals surface area (Å²) in [4.78, 5) is 0. The lowest BCUT2D eigenvalue weighted by Crippen LogP contribution is -2.46. The third-order valence-corrected chi connectivity index (χ3v) is 4.33. The van der Waals surface area contributed by atoms with Crippen LogP contribution >= 0.6 is 0 Å². The Balaban J connectivity index is 2.33. The van der Waals surface area contributed by atoms with Crippen LogP contribution in [-0.4, -0.2) is 38.7 Å². The molecule has 2 N–H and O–H groups in total. The molecule has 2 rings (SSSR count). The van der Waals surface area contributed by atoms with Crippen LogP contribution in [0.2, 0.25) is 0 Å². The van der Waals surface area contributed by atoms with Crippen LogP contribution in [0.1, 0.15) is 0 Å². The van der Waals surface area contributed by atoms with Gasteiger partial charge in [0, 0.05) is 5.92 Å². The standard InChI is InChI=1S/C6H11NO3S/c7-6-3-10-1-5(6)2-11(8,9)4-6/h5H,1-4,7H2/t5-,6-/m1/s1. The molecule has 0 saturated carbocycles. The molecule has 2 saturated heterocycles. The van der Waals surface area contributed by atoms with E-state index in [0.29, 0.717) is 13.2 Å². The summed E-state index contributed by atoms with van der Waals surface area (Å²) < 4.78 is 27.3. The maximum absolute atomic E-state index is 11.1.